The number of aromatic amines is 1. The van der Waals surface area contributed by atoms with Crippen LogP contribution in [-0.2, 0) is 4.79 Å². The van der Waals surface area contributed by atoms with Crippen molar-refractivity contribution in [3.8, 4) is 16.9 Å². The topological polar surface area (TPSA) is 104 Å². The molecule has 0 radical (unpaired) electrons. The molecule has 0 bridgehead atoms. The maximum absolute atomic E-state index is 12.8. The molecule has 3 aromatic carbocycles. The Balaban J connectivity index is 1.28. The number of carboxylic acid groups (broad SMARTS) is 1. The first kappa shape index (κ1) is 21.7. The van der Waals surface area contributed by atoms with Crippen molar-refractivity contribution in [1.29, 1.82) is 0 Å². The van der Waals surface area contributed by atoms with E-state index in [0.29, 0.717) is 24.4 Å². The fourth-order valence-electron chi connectivity index (χ4n) is 4.67. The summed E-state index contributed by atoms with van der Waals surface area (Å²) in [5.74, 6) is -0.521. The second-order valence-electron chi connectivity index (χ2n) is 8.59. The Kier molecular flexibility index (Phi) is 5.76. The second kappa shape index (κ2) is 9.02. The maximum Gasteiger partial charge on any atom is 0.307 e. The van der Waals surface area contributed by atoms with E-state index in [0.717, 1.165) is 40.0 Å². The lowest BCUT2D eigenvalue weighted by atomic mass is 9.88. The SMILES string of the molecule is COc1ccc2nc(Nc3ccc(-c4ccc(C(=O)[C@H]5CCC[C@@H]5C(=O)O)cc4)cc3)[nH]c2c1. The molecule has 0 amide bonds. The predicted octanol–water partition coefficient (Wildman–Crippen LogP) is 5.67. The smallest absolute Gasteiger partial charge is 0.307 e. The number of nitrogens with zero attached hydrogens (tertiary/aromatic N) is 1. The van der Waals surface area contributed by atoms with Gasteiger partial charge >= 0.3 is 5.97 Å². The molecule has 0 unspecified atom stereocenters. The third-order valence-electron chi connectivity index (χ3n) is 6.51. The van der Waals surface area contributed by atoms with Crippen LogP contribution in [-0.4, -0.2) is 33.9 Å². The van der Waals surface area contributed by atoms with E-state index < -0.39 is 17.8 Å². The predicted molar refractivity (Wildman–Crippen MR) is 131 cm³/mol. The zero-order valence-corrected chi connectivity index (χ0v) is 18.7. The number of ether oxygens (including phenoxy) is 1. The molecule has 7 heteroatoms. The molecular formula is C27H25N3O4. The van der Waals surface area contributed by atoms with Crippen LogP contribution in [0, 0.1) is 11.8 Å². The van der Waals surface area contributed by atoms with Gasteiger partial charge in [0.15, 0.2) is 5.78 Å². The van der Waals surface area contributed by atoms with Gasteiger partial charge in [-0.15, -0.1) is 0 Å². The van der Waals surface area contributed by atoms with Gasteiger partial charge in [0.05, 0.1) is 24.1 Å². The maximum atomic E-state index is 12.8. The highest BCUT2D eigenvalue weighted by Crippen LogP contribution is 2.35. The van der Waals surface area contributed by atoms with Crippen molar-refractivity contribution < 1.29 is 19.4 Å². The van der Waals surface area contributed by atoms with E-state index in [1.807, 2.05) is 54.6 Å². The van der Waals surface area contributed by atoms with Crippen LogP contribution in [0.4, 0.5) is 11.6 Å². The minimum Gasteiger partial charge on any atom is -0.497 e. The number of aromatic nitrogens is 2. The summed E-state index contributed by atoms with van der Waals surface area (Å²) in [6, 6.07) is 21.0. The molecule has 172 valence electrons. The molecule has 1 aromatic heterocycles. The monoisotopic (exact) mass is 455 g/mol. The Morgan fingerprint density at radius 1 is 0.971 bits per heavy atom. The lowest BCUT2D eigenvalue weighted by molar-refractivity contribution is -0.142. The van der Waals surface area contributed by atoms with Gasteiger partial charge in [-0.3, -0.25) is 9.59 Å². The number of ketones is 1. The third kappa shape index (κ3) is 4.24. The first-order valence-corrected chi connectivity index (χ1v) is 11.3. The van der Waals surface area contributed by atoms with Crippen LogP contribution in [0.5, 0.6) is 5.75 Å². The van der Waals surface area contributed by atoms with E-state index in [4.69, 9.17) is 4.74 Å². The lowest BCUT2D eigenvalue weighted by Crippen LogP contribution is -2.25. The molecule has 34 heavy (non-hydrogen) atoms. The van der Waals surface area contributed by atoms with Crippen molar-refractivity contribution >= 4 is 34.4 Å². The number of H-pyrrole nitrogens is 1. The van der Waals surface area contributed by atoms with Gasteiger partial charge in [0.25, 0.3) is 0 Å². The molecule has 1 saturated carbocycles. The molecule has 1 aliphatic rings. The van der Waals surface area contributed by atoms with Gasteiger partial charge in [-0.1, -0.05) is 42.8 Å². The van der Waals surface area contributed by atoms with Crippen molar-refractivity contribution in [3.63, 3.8) is 0 Å². The Bertz CT molecular complexity index is 1340. The fourth-order valence-corrected chi connectivity index (χ4v) is 4.67. The summed E-state index contributed by atoms with van der Waals surface area (Å²) in [4.78, 5) is 32.1. The Labute approximate surface area is 196 Å². The Morgan fingerprint density at radius 3 is 2.32 bits per heavy atom. The summed E-state index contributed by atoms with van der Waals surface area (Å²) < 4.78 is 5.25. The number of rotatable bonds is 7. The molecule has 0 saturated heterocycles. The highest BCUT2D eigenvalue weighted by molar-refractivity contribution is 6.00. The number of methoxy groups -OCH3 is 1. The summed E-state index contributed by atoms with van der Waals surface area (Å²) in [6.07, 6.45) is 2.01. The molecule has 5 rings (SSSR count). The van der Waals surface area contributed by atoms with Gasteiger partial charge in [-0.25, -0.2) is 4.98 Å². The number of hydrogen-bond donors (Lipinski definition) is 3. The summed E-state index contributed by atoms with van der Waals surface area (Å²) in [6.45, 7) is 0. The van der Waals surface area contributed by atoms with Crippen molar-refractivity contribution in [2.24, 2.45) is 11.8 Å². The largest absolute Gasteiger partial charge is 0.497 e. The Morgan fingerprint density at radius 2 is 1.65 bits per heavy atom. The molecule has 4 aromatic rings. The van der Waals surface area contributed by atoms with Crippen LogP contribution < -0.4 is 10.1 Å². The van der Waals surface area contributed by atoms with Gasteiger partial charge in [0, 0.05) is 23.2 Å². The number of carboxylic acids is 1. The normalized spacial score (nSPS) is 17.6. The highest BCUT2D eigenvalue weighted by atomic mass is 16.5. The first-order chi connectivity index (χ1) is 16.5. The van der Waals surface area contributed by atoms with Gasteiger partial charge < -0.3 is 20.1 Å². The van der Waals surface area contributed by atoms with Crippen LogP contribution in [0.2, 0.25) is 0 Å². The van der Waals surface area contributed by atoms with Gasteiger partial charge in [0.2, 0.25) is 5.95 Å². The number of imidazole rings is 1. The number of hydrogen-bond acceptors (Lipinski definition) is 5. The van der Waals surface area contributed by atoms with Crippen molar-refractivity contribution in [2.75, 3.05) is 12.4 Å². The van der Waals surface area contributed by atoms with Crippen molar-refractivity contribution in [3.05, 3.63) is 72.3 Å². The average molecular weight is 456 g/mol. The van der Waals surface area contributed by atoms with E-state index in [9.17, 15) is 14.7 Å². The molecule has 1 aliphatic carbocycles. The molecule has 1 fully saturated rings. The van der Waals surface area contributed by atoms with Gasteiger partial charge in [-0.2, -0.15) is 0 Å². The number of aliphatic carboxylic acids is 1. The summed E-state index contributed by atoms with van der Waals surface area (Å²) in [5, 5.41) is 12.7. The minimum absolute atomic E-state index is 0.0700. The minimum atomic E-state index is -0.872. The molecular weight excluding hydrogens is 430 g/mol. The first-order valence-electron chi connectivity index (χ1n) is 11.3. The number of Topliss-reactive ketones (excluding diaryl/α,β-unsaturated/α-hetero) is 1. The Hall–Kier alpha value is -4.13. The van der Waals surface area contributed by atoms with Gasteiger partial charge in [-0.05, 0) is 48.2 Å². The molecule has 1 heterocycles. The van der Waals surface area contributed by atoms with E-state index in [-0.39, 0.29) is 5.78 Å². The van der Waals surface area contributed by atoms with Gasteiger partial charge in [0.1, 0.15) is 5.75 Å². The highest BCUT2D eigenvalue weighted by Gasteiger charge is 2.37. The number of carbonyl (C=O) groups excluding carboxylic acids is 1. The van der Waals surface area contributed by atoms with Crippen LogP contribution >= 0.6 is 0 Å². The molecule has 3 N–H and O–H groups in total. The number of benzene rings is 3. The zero-order valence-electron chi connectivity index (χ0n) is 18.7. The van der Waals surface area contributed by atoms with E-state index >= 15 is 0 Å². The molecule has 2 atom stereocenters. The third-order valence-corrected chi connectivity index (χ3v) is 6.51. The number of nitrogens with one attached hydrogen (secondary N) is 2. The number of anilines is 2. The fraction of sp³-hybridized carbons (Fsp3) is 0.222. The lowest BCUT2D eigenvalue weighted by Gasteiger charge is -2.14. The number of fused-ring (bicyclic) bond motifs is 1. The van der Waals surface area contributed by atoms with E-state index in [2.05, 4.69) is 15.3 Å². The van der Waals surface area contributed by atoms with E-state index in [1.165, 1.54) is 0 Å². The second-order valence-corrected chi connectivity index (χ2v) is 8.59. The zero-order chi connectivity index (χ0) is 23.7. The standard InChI is InChI=1S/C27H25N3O4/c1-34-20-13-14-23-24(15-20)30-27(29-23)28-19-11-9-17(10-12-19)16-5-7-18(8-6-16)25(31)21-3-2-4-22(21)26(32)33/h5-15,21-22H,2-4H2,1H3,(H,32,33)(H2,28,29,30)/t21-,22-/m0/s1. The average Bonchev–Trinajstić information content (AvgIpc) is 3.51. The van der Waals surface area contributed by atoms with Crippen molar-refractivity contribution in [1.82, 2.24) is 9.97 Å². The van der Waals surface area contributed by atoms with Crippen LogP contribution in [0.15, 0.2) is 66.7 Å². The van der Waals surface area contributed by atoms with Crippen LogP contribution in [0.1, 0.15) is 29.6 Å². The summed E-state index contributed by atoms with van der Waals surface area (Å²) in [5.41, 5.74) is 5.20. The van der Waals surface area contributed by atoms with E-state index in [1.54, 1.807) is 19.2 Å². The van der Waals surface area contributed by atoms with Crippen LogP contribution in [0.3, 0.4) is 0 Å². The molecule has 7 nitrogen and oxygen atoms in total. The van der Waals surface area contributed by atoms with Crippen molar-refractivity contribution in [2.45, 2.75) is 19.3 Å². The summed E-state index contributed by atoms with van der Waals surface area (Å²) >= 11 is 0. The number of carbonyl (C=O) groups is 2. The summed E-state index contributed by atoms with van der Waals surface area (Å²) in [7, 11) is 1.63. The van der Waals surface area contributed by atoms with Crippen LogP contribution in [0.25, 0.3) is 22.2 Å². The quantitative estimate of drug-likeness (QED) is 0.310. The molecule has 0 aliphatic heterocycles. The molecule has 0 spiro atoms.